The third-order valence-corrected chi connectivity index (χ3v) is 3.28. The van der Waals surface area contributed by atoms with Crippen LogP contribution in [-0.2, 0) is 4.79 Å². The van der Waals surface area contributed by atoms with Crippen molar-refractivity contribution >= 4 is 5.97 Å². The molecule has 21 heavy (non-hydrogen) atoms. The summed E-state index contributed by atoms with van der Waals surface area (Å²) in [6.07, 6.45) is 0.890. The van der Waals surface area contributed by atoms with E-state index >= 15 is 0 Å². The molecule has 0 fully saturated rings. The Labute approximate surface area is 124 Å². The molecular weight excluding hydrogens is 272 g/mol. The van der Waals surface area contributed by atoms with E-state index in [1.54, 1.807) is 18.2 Å². The van der Waals surface area contributed by atoms with Crippen molar-refractivity contribution in [2.75, 3.05) is 40.4 Å². The summed E-state index contributed by atoms with van der Waals surface area (Å²) in [7, 11) is 3.99. The highest BCUT2D eigenvalue weighted by molar-refractivity contribution is 5.76. The average molecular weight is 294 g/mol. The van der Waals surface area contributed by atoms with Crippen molar-refractivity contribution in [3.63, 3.8) is 0 Å². The lowest BCUT2D eigenvalue weighted by Gasteiger charge is -2.21. The molecule has 1 aromatic carbocycles. The van der Waals surface area contributed by atoms with Crippen molar-refractivity contribution in [3.8, 4) is 11.5 Å². The predicted octanol–water partition coefficient (Wildman–Crippen LogP) is 1.12. The number of carboxylic acid groups (broad SMARTS) is 1. The SMILES string of the molecule is CN(C)CCCNC(C(=O)O)c1ccc2c(c1)OCCO2. The van der Waals surface area contributed by atoms with Gasteiger partial charge in [-0.15, -0.1) is 0 Å². The van der Waals surface area contributed by atoms with Crippen LogP contribution in [0.25, 0.3) is 0 Å². The maximum absolute atomic E-state index is 11.5. The summed E-state index contributed by atoms with van der Waals surface area (Å²) in [6.45, 7) is 2.58. The summed E-state index contributed by atoms with van der Waals surface area (Å²) in [4.78, 5) is 13.5. The first-order valence-corrected chi connectivity index (χ1v) is 7.08. The van der Waals surface area contributed by atoms with Crippen LogP contribution in [0.3, 0.4) is 0 Å². The molecule has 2 rings (SSSR count). The lowest BCUT2D eigenvalue weighted by molar-refractivity contribution is -0.139. The number of benzene rings is 1. The van der Waals surface area contributed by atoms with Gasteiger partial charge in [0.1, 0.15) is 19.3 Å². The third-order valence-electron chi connectivity index (χ3n) is 3.28. The molecule has 1 heterocycles. The van der Waals surface area contributed by atoms with E-state index < -0.39 is 12.0 Å². The van der Waals surface area contributed by atoms with E-state index in [0.717, 1.165) is 13.0 Å². The average Bonchev–Trinajstić information content (AvgIpc) is 2.46. The van der Waals surface area contributed by atoms with Gasteiger partial charge in [-0.2, -0.15) is 0 Å². The summed E-state index contributed by atoms with van der Waals surface area (Å²) in [6, 6.07) is 4.54. The Hall–Kier alpha value is -1.79. The number of carboxylic acids is 1. The first kappa shape index (κ1) is 15.6. The van der Waals surface area contributed by atoms with Gasteiger partial charge in [0, 0.05) is 0 Å². The standard InChI is InChI=1S/C15H22N2O4/c1-17(2)7-3-6-16-14(15(18)19)11-4-5-12-13(10-11)21-9-8-20-12/h4-5,10,14,16H,3,6-9H2,1-2H3,(H,18,19). The van der Waals surface area contributed by atoms with Crippen LogP contribution in [0, 0.1) is 0 Å². The highest BCUT2D eigenvalue weighted by Gasteiger charge is 2.21. The van der Waals surface area contributed by atoms with Gasteiger partial charge >= 0.3 is 5.97 Å². The van der Waals surface area contributed by atoms with E-state index in [-0.39, 0.29) is 0 Å². The van der Waals surface area contributed by atoms with E-state index in [0.29, 0.717) is 36.8 Å². The van der Waals surface area contributed by atoms with Crippen molar-refractivity contribution in [3.05, 3.63) is 23.8 Å². The summed E-state index contributed by atoms with van der Waals surface area (Å²) < 4.78 is 10.9. The van der Waals surface area contributed by atoms with E-state index in [1.165, 1.54) is 0 Å². The molecule has 0 saturated heterocycles. The molecule has 1 aliphatic heterocycles. The molecule has 6 heteroatoms. The van der Waals surface area contributed by atoms with E-state index in [1.807, 2.05) is 14.1 Å². The van der Waals surface area contributed by atoms with Gasteiger partial charge in [0.05, 0.1) is 0 Å². The molecular formula is C15H22N2O4. The molecule has 1 unspecified atom stereocenters. The Morgan fingerprint density at radius 1 is 1.33 bits per heavy atom. The van der Waals surface area contributed by atoms with Gasteiger partial charge in [0.2, 0.25) is 0 Å². The van der Waals surface area contributed by atoms with Crippen LogP contribution < -0.4 is 14.8 Å². The number of hydrogen-bond acceptors (Lipinski definition) is 5. The minimum absolute atomic E-state index is 0.491. The normalized spacial score (nSPS) is 15.0. The van der Waals surface area contributed by atoms with Crippen molar-refractivity contribution in [1.82, 2.24) is 10.2 Å². The Morgan fingerprint density at radius 2 is 2.05 bits per heavy atom. The molecule has 0 radical (unpaired) electrons. The highest BCUT2D eigenvalue weighted by Crippen LogP contribution is 2.32. The number of ether oxygens (including phenoxy) is 2. The van der Waals surface area contributed by atoms with Crippen molar-refractivity contribution < 1.29 is 19.4 Å². The smallest absolute Gasteiger partial charge is 0.325 e. The summed E-state index contributed by atoms with van der Waals surface area (Å²) >= 11 is 0. The van der Waals surface area contributed by atoms with Gasteiger partial charge < -0.3 is 24.8 Å². The fraction of sp³-hybridized carbons (Fsp3) is 0.533. The van der Waals surface area contributed by atoms with Gasteiger partial charge in [-0.05, 0) is 51.3 Å². The van der Waals surface area contributed by atoms with Crippen LogP contribution in [0.15, 0.2) is 18.2 Å². The highest BCUT2D eigenvalue weighted by atomic mass is 16.6. The summed E-state index contributed by atoms with van der Waals surface area (Å²) in [5, 5.41) is 12.5. The third kappa shape index (κ3) is 4.34. The number of nitrogens with zero attached hydrogens (tertiary/aromatic N) is 1. The van der Waals surface area contributed by atoms with Crippen LogP contribution in [0.1, 0.15) is 18.0 Å². The number of aliphatic carboxylic acids is 1. The number of fused-ring (bicyclic) bond motifs is 1. The van der Waals surface area contributed by atoms with Gasteiger partial charge in [0.25, 0.3) is 0 Å². The lowest BCUT2D eigenvalue weighted by atomic mass is 10.1. The summed E-state index contributed by atoms with van der Waals surface area (Å²) in [5.74, 6) is 0.387. The van der Waals surface area contributed by atoms with E-state index in [9.17, 15) is 9.90 Å². The zero-order chi connectivity index (χ0) is 15.2. The van der Waals surface area contributed by atoms with Gasteiger partial charge in [-0.3, -0.25) is 4.79 Å². The number of carbonyl (C=O) groups is 1. The largest absolute Gasteiger partial charge is 0.486 e. The van der Waals surface area contributed by atoms with Crippen LogP contribution in [0.5, 0.6) is 11.5 Å². The Morgan fingerprint density at radius 3 is 2.71 bits per heavy atom. The molecule has 0 bridgehead atoms. The Balaban J connectivity index is 2.02. The second-order valence-corrected chi connectivity index (χ2v) is 5.29. The monoisotopic (exact) mass is 294 g/mol. The molecule has 2 N–H and O–H groups in total. The second-order valence-electron chi connectivity index (χ2n) is 5.29. The van der Waals surface area contributed by atoms with E-state index in [2.05, 4.69) is 10.2 Å². The first-order valence-electron chi connectivity index (χ1n) is 7.08. The van der Waals surface area contributed by atoms with Crippen molar-refractivity contribution in [2.24, 2.45) is 0 Å². The minimum atomic E-state index is -0.892. The topological polar surface area (TPSA) is 71.0 Å². The van der Waals surface area contributed by atoms with Gasteiger partial charge in [0.15, 0.2) is 11.5 Å². The Bertz CT molecular complexity index is 491. The number of hydrogen-bond donors (Lipinski definition) is 2. The molecule has 0 aromatic heterocycles. The molecule has 0 spiro atoms. The zero-order valence-electron chi connectivity index (χ0n) is 12.5. The predicted molar refractivity (Wildman–Crippen MR) is 79.0 cm³/mol. The molecule has 1 atom stereocenters. The van der Waals surface area contributed by atoms with Crippen LogP contribution in [0.4, 0.5) is 0 Å². The molecule has 1 aromatic rings. The van der Waals surface area contributed by atoms with Crippen LogP contribution in [-0.4, -0.2) is 56.4 Å². The van der Waals surface area contributed by atoms with Crippen molar-refractivity contribution in [2.45, 2.75) is 12.5 Å². The number of nitrogens with one attached hydrogen (secondary N) is 1. The fourth-order valence-corrected chi connectivity index (χ4v) is 2.23. The molecule has 0 aliphatic carbocycles. The first-order chi connectivity index (χ1) is 10.1. The van der Waals surface area contributed by atoms with Crippen LogP contribution in [0.2, 0.25) is 0 Å². The summed E-state index contributed by atoms with van der Waals surface area (Å²) in [5.41, 5.74) is 0.677. The van der Waals surface area contributed by atoms with Gasteiger partial charge in [-0.25, -0.2) is 0 Å². The molecule has 1 aliphatic rings. The molecule has 0 amide bonds. The second kappa shape index (κ2) is 7.28. The quantitative estimate of drug-likeness (QED) is 0.735. The minimum Gasteiger partial charge on any atom is -0.486 e. The van der Waals surface area contributed by atoms with E-state index in [4.69, 9.17) is 9.47 Å². The molecule has 0 saturated carbocycles. The maximum Gasteiger partial charge on any atom is 0.325 e. The maximum atomic E-state index is 11.5. The van der Waals surface area contributed by atoms with Crippen LogP contribution >= 0.6 is 0 Å². The fourth-order valence-electron chi connectivity index (χ4n) is 2.23. The molecule has 116 valence electrons. The Kier molecular flexibility index (Phi) is 5.41. The van der Waals surface area contributed by atoms with Crippen molar-refractivity contribution in [1.29, 1.82) is 0 Å². The lowest BCUT2D eigenvalue weighted by Crippen LogP contribution is -2.31. The number of rotatable bonds is 7. The zero-order valence-corrected chi connectivity index (χ0v) is 12.5. The van der Waals surface area contributed by atoms with Gasteiger partial charge in [-0.1, -0.05) is 6.07 Å². The molecule has 6 nitrogen and oxygen atoms in total.